The maximum Gasteiger partial charge on any atom is 0.335 e. The third-order valence-electron chi connectivity index (χ3n) is 6.67. The molecule has 4 amide bonds. The monoisotopic (exact) mass is 666 g/mol. The van der Waals surface area contributed by atoms with E-state index in [1.807, 2.05) is 36.4 Å². The van der Waals surface area contributed by atoms with Crippen LogP contribution in [0, 0.1) is 0 Å². The SMILES string of the molecule is COc1cc(COc2c(Cl)cc(/C=C3/C(=O)NC(=O)N(c4ccc(Cl)c(Cl)c4)C3=O)cc2OC)ccc1OCc1ccccc1. The van der Waals surface area contributed by atoms with Crippen LogP contribution in [0.3, 0.4) is 0 Å². The number of nitrogens with zero attached hydrogens (tertiary/aromatic N) is 1. The average Bonchev–Trinajstić information content (AvgIpc) is 3.03. The predicted octanol–water partition coefficient (Wildman–Crippen LogP) is 7.49. The minimum atomic E-state index is -0.924. The van der Waals surface area contributed by atoms with E-state index in [2.05, 4.69) is 5.32 Å². The Hall–Kier alpha value is -4.70. The largest absolute Gasteiger partial charge is 0.493 e. The molecule has 0 saturated carbocycles. The van der Waals surface area contributed by atoms with Gasteiger partial charge in [-0.05, 0) is 65.2 Å². The highest BCUT2D eigenvalue weighted by molar-refractivity contribution is 6.43. The summed E-state index contributed by atoms with van der Waals surface area (Å²) in [5.41, 5.74) is 1.98. The summed E-state index contributed by atoms with van der Waals surface area (Å²) in [5.74, 6) is -0.110. The van der Waals surface area contributed by atoms with Crippen LogP contribution in [-0.4, -0.2) is 32.1 Å². The van der Waals surface area contributed by atoms with Crippen LogP contribution in [0.4, 0.5) is 10.5 Å². The van der Waals surface area contributed by atoms with Crippen LogP contribution in [0.5, 0.6) is 23.0 Å². The number of urea groups is 1. The summed E-state index contributed by atoms with van der Waals surface area (Å²) in [5, 5.41) is 2.70. The van der Waals surface area contributed by atoms with Gasteiger partial charge in [0.05, 0.1) is 35.0 Å². The lowest BCUT2D eigenvalue weighted by Crippen LogP contribution is -2.54. The van der Waals surface area contributed by atoms with Gasteiger partial charge in [-0.2, -0.15) is 0 Å². The minimum absolute atomic E-state index is 0.119. The molecule has 5 rings (SSSR count). The van der Waals surface area contributed by atoms with Crippen LogP contribution in [0.1, 0.15) is 16.7 Å². The lowest BCUT2D eigenvalue weighted by Gasteiger charge is -2.26. The van der Waals surface area contributed by atoms with Crippen molar-refractivity contribution in [2.75, 3.05) is 19.1 Å². The van der Waals surface area contributed by atoms with Crippen molar-refractivity contribution < 1.29 is 33.3 Å². The average molecular weight is 668 g/mol. The van der Waals surface area contributed by atoms with Crippen LogP contribution >= 0.6 is 34.8 Å². The number of carbonyl (C=O) groups excluding carboxylic acids is 3. The standard InChI is InChI=1S/C33H25Cl3N2O7/c1-42-28-14-20(8-11-27(28)44-17-19-6-4-3-5-7-19)18-45-30-26(36)13-21(15-29(30)43-2)12-23-31(39)37-33(41)38(32(23)40)22-9-10-24(34)25(35)16-22/h3-16H,17-18H2,1-2H3,(H,37,39,41)/b23-12-. The van der Waals surface area contributed by atoms with Crippen molar-refractivity contribution in [1.29, 1.82) is 0 Å². The van der Waals surface area contributed by atoms with Crippen molar-refractivity contribution in [3.63, 3.8) is 0 Å². The van der Waals surface area contributed by atoms with Gasteiger partial charge in [0.15, 0.2) is 23.0 Å². The topological polar surface area (TPSA) is 103 Å². The molecule has 1 aliphatic heterocycles. The molecule has 1 N–H and O–H groups in total. The highest BCUT2D eigenvalue weighted by Gasteiger charge is 2.37. The normalized spacial score (nSPS) is 13.9. The van der Waals surface area contributed by atoms with Crippen molar-refractivity contribution in [3.05, 3.63) is 116 Å². The molecule has 12 heteroatoms. The van der Waals surface area contributed by atoms with Gasteiger partial charge in [-0.15, -0.1) is 0 Å². The number of rotatable bonds is 10. The number of benzene rings is 4. The van der Waals surface area contributed by atoms with Crippen LogP contribution in [0.25, 0.3) is 6.08 Å². The molecule has 4 aromatic rings. The fraction of sp³-hybridized carbons (Fsp3) is 0.121. The molecule has 1 heterocycles. The number of hydrogen-bond donors (Lipinski definition) is 1. The Balaban J connectivity index is 1.34. The van der Waals surface area contributed by atoms with Crippen molar-refractivity contribution in [2.24, 2.45) is 0 Å². The molecule has 9 nitrogen and oxygen atoms in total. The maximum atomic E-state index is 13.3. The van der Waals surface area contributed by atoms with Crippen LogP contribution in [0.15, 0.2) is 84.4 Å². The molecule has 45 heavy (non-hydrogen) atoms. The number of hydrogen-bond acceptors (Lipinski definition) is 7. The highest BCUT2D eigenvalue weighted by Crippen LogP contribution is 2.39. The first-order valence-corrected chi connectivity index (χ1v) is 14.5. The van der Waals surface area contributed by atoms with E-state index in [-0.39, 0.29) is 44.4 Å². The Morgan fingerprint density at radius 3 is 2.16 bits per heavy atom. The number of amides is 4. The van der Waals surface area contributed by atoms with Crippen molar-refractivity contribution in [3.8, 4) is 23.0 Å². The Bertz CT molecular complexity index is 1810. The van der Waals surface area contributed by atoms with Gasteiger partial charge in [0.25, 0.3) is 11.8 Å². The third kappa shape index (κ3) is 7.17. The maximum absolute atomic E-state index is 13.3. The number of carbonyl (C=O) groups is 3. The van der Waals surface area contributed by atoms with Gasteiger partial charge in [-0.25, -0.2) is 9.69 Å². The van der Waals surface area contributed by atoms with E-state index >= 15 is 0 Å². The molecular weight excluding hydrogens is 643 g/mol. The van der Waals surface area contributed by atoms with Crippen molar-refractivity contribution in [1.82, 2.24) is 5.32 Å². The number of ether oxygens (including phenoxy) is 4. The third-order valence-corrected chi connectivity index (χ3v) is 7.69. The van der Waals surface area contributed by atoms with Gasteiger partial charge in [-0.3, -0.25) is 14.9 Å². The van der Waals surface area contributed by atoms with Gasteiger partial charge in [0.1, 0.15) is 18.8 Å². The molecule has 0 aliphatic carbocycles. The van der Waals surface area contributed by atoms with Crippen LogP contribution in [-0.2, 0) is 22.8 Å². The van der Waals surface area contributed by atoms with Crippen molar-refractivity contribution in [2.45, 2.75) is 13.2 Å². The fourth-order valence-corrected chi connectivity index (χ4v) is 5.02. The van der Waals surface area contributed by atoms with E-state index in [4.69, 9.17) is 53.8 Å². The molecule has 4 aromatic carbocycles. The minimum Gasteiger partial charge on any atom is -0.493 e. The molecule has 0 atom stereocenters. The zero-order valence-electron chi connectivity index (χ0n) is 23.9. The van der Waals surface area contributed by atoms with Gasteiger partial charge < -0.3 is 18.9 Å². The molecule has 0 aromatic heterocycles. The first-order valence-electron chi connectivity index (χ1n) is 13.4. The molecule has 1 aliphatic rings. The summed E-state index contributed by atoms with van der Waals surface area (Å²) < 4.78 is 23.0. The summed E-state index contributed by atoms with van der Waals surface area (Å²) in [4.78, 5) is 39.3. The Kier molecular flexibility index (Phi) is 9.83. The highest BCUT2D eigenvalue weighted by atomic mass is 35.5. The van der Waals surface area contributed by atoms with E-state index in [9.17, 15) is 14.4 Å². The van der Waals surface area contributed by atoms with E-state index in [0.717, 1.165) is 16.0 Å². The molecule has 1 saturated heterocycles. The van der Waals surface area contributed by atoms with Gasteiger partial charge >= 0.3 is 6.03 Å². The Labute approximate surface area is 273 Å². The predicted molar refractivity (Wildman–Crippen MR) is 172 cm³/mol. The second-order valence-electron chi connectivity index (χ2n) is 9.64. The summed E-state index contributed by atoms with van der Waals surface area (Å²) >= 11 is 18.6. The molecule has 230 valence electrons. The zero-order chi connectivity index (χ0) is 32.1. The number of methoxy groups -OCH3 is 2. The van der Waals surface area contributed by atoms with E-state index < -0.39 is 17.8 Å². The Morgan fingerprint density at radius 1 is 0.711 bits per heavy atom. The molecular formula is C33H25Cl3N2O7. The number of anilines is 1. The zero-order valence-corrected chi connectivity index (χ0v) is 26.2. The first kappa shape index (κ1) is 31.7. The molecule has 1 fully saturated rings. The number of halogens is 3. The molecule has 0 bridgehead atoms. The molecule has 0 radical (unpaired) electrons. The van der Waals surface area contributed by atoms with E-state index in [0.29, 0.717) is 23.7 Å². The molecule has 0 spiro atoms. The Morgan fingerprint density at radius 2 is 1.44 bits per heavy atom. The van der Waals surface area contributed by atoms with Gasteiger partial charge in [0.2, 0.25) is 0 Å². The first-order chi connectivity index (χ1) is 21.7. The summed E-state index contributed by atoms with van der Waals surface area (Å²) in [6.07, 6.45) is 1.30. The summed E-state index contributed by atoms with van der Waals surface area (Å²) in [6, 6.07) is 21.6. The van der Waals surface area contributed by atoms with Crippen LogP contribution in [0.2, 0.25) is 15.1 Å². The second kappa shape index (κ2) is 13.9. The number of imide groups is 2. The van der Waals surface area contributed by atoms with Gasteiger partial charge in [0, 0.05) is 0 Å². The fourth-order valence-electron chi connectivity index (χ4n) is 4.46. The van der Waals surface area contributed by atoms with Gasteiger partial charge in [-0.1, -0.05) is 71.2 Å². The van der Waals surface area contributed by atoms with Crippen LogP contribution < -0.4 is 29.2 Å². The smallest absolute Gasteiger partial charge is 0.335 e. The lowest BCUT2D eigenvalue weighted by atomic mass is 10.1. The molecule has 0 unspecified atom stereocenters. The second-order valence-corrected chi connectivity index (χ2v) is 10.9. The summed E-state index contributed by atoms with van der Waals surface area (Å²) in [7, 11) is 2.99. The van der Waals surface area contributed by atoms with Crippen molar-refractivity contribution >= 4 is 64.4 Å². The van der Waals surface area contributed by atoms with E-state index in [1.54, 1.807) is 25.3 Å². The quantitative estimate of drug-likeness (QED) is 0.138. The lowest BCUT2D eigenvalue weighted by molar-refractivity contribution is -0.122. The number of barbiturate groups is 1. The van der Waals surface area contributed by atoms with E-state index in [1.165, 1.54) is 37.5 Å². The summed E-state index contributed by atoms with van der Waals surface area (Å²) in [6.45, 7) is 0.507. The number of nitrogens with one attached hydrogen (secondary N) is 1.